The average Bonchev–Trinajstić information content (AvgIpc) is 2.99. The molecule has 33 heavy (non-hydrogen) atoms. The van der Waals surface area contributed by atoms with Gasteiger partial charge in [-0.2, -0.15) is 0 Å². The summed E-state index contributed by atoms with van der Waals surface area (Å²) < 4.78 is 1.50. The fraction of sp³-hybridized carbons (Fsp3) is 0.269. The zero-order valence-corrected chi connectivity index (χ0v) is 18.4. The zero-order chi connectivity index (χ0) is 22.7. The highest BCUT2D eigenvalue weighted by Crippen LogP contribution is 2.38. The Balaban J connectivity index is 1.49. The molecule has 1 N–H and O–H groups in total. The van der Waals surface area contributed by atoms with Crippen LogP contribution in [-0.2, 0) is 7.05 Å². The van der Waals surface area contributed by atoms with Crippen molar-refractivity contribution in [3.05, 3.63) is 70.1 Å². The molecule has 2 amide bonds. The van der Waals surface area contributed by atoms with Gasteiger partial charge in [0.25, 0.3) is 11.8 Å². The molecule has 3 aromatic carbocycles. The van der Waals surface area contributed by atoms with Gasteiger partial charge in [-0.3, -0.25) is 14.2 Å². The third kappa shape index (κ3) is 2.92. The van der Waals surface area contributed by atoms with Crippen molar-refractivity contribution in [1.82, 2.24) is 9.55 Å². The molecule has 0 bridgehead atoms. The molecule has 0 radical (unpaired) electrons. The molecule has 0 unspecified atom stereocenters. The first-order valence-corrected chi connectivity index (χ1v) is 11.4. The maximum Gasteiger partial charge on any atom is 0.326 e. The summed E-state index contributed by atoms with van der Waals surface area (Å²) in [4.78, 5) is 45.5. The number of amides is 2. The number of nitrogens with one attached hydrogen (secondary N) is 1. The number of aromatic amines is 1. The van der Waals surface area contributed by atoms with Crippen LogP contribution in [0.15, 0.2) is 53.3 Å². The van der Waals surface area contributed by atoms with Gasteiger partial charge in [-0.1, -0.05) is 25.0 Å². The van der Waals surface area contributed by atoms with Crippen LogP contribution in [0.4, 0.5) is 11.4 Å². The Kier molecular flexibility index (Phi) is 4.40. The number of H-pyrrole nitrogens is 1. The number of aryl methyl sites for hydroxylation is 1. The van der Waals surface area contributed by atoms with Gasteiger partial charge in [-0.15, -0.1) is 0 Å². The summed E-state index contributed by atoms with van der Waals surface area (Å²) in [7, 11) is 1.68. The SMILES string of the molecule is Cn1c(=O)[nH]c2cc(N3C(=O)c4cccc5c(N6CCCCCC6)ccc(c45)C3=O)ccc21. The van der Waals surface area contributed by atoms with Crippen molar-refractivity contribution in [2.75, 3.05) is 22.9 Å². The molecule has 166 valence electrons. The van der Waals surface area contributed by atoms with E-state index in [1.807, 2.05) is 24.3 Å². The first kappa shape index (κ1) is 19.8. The molecule has 1 fully saturated rings. The number of carbonyl (C=O) groups excluding carboxylic acids is 2. The van der Waals surface area contributed by atoms with Crippen LogP contribution in [0.1, 0.15) is 46.4 Å². The maximum atomic E-state index is 13.6. The van der Waals surface area contributed by atoms with E-state index in [0.29, 0.717) is 27.8 Å². The highest BCUT2D eigenvalue weighted by molar-refractivity contribution is 6.36. The molecule has 3 heterocycles. The molecule has 7 heteroatoms. The van der Waals surface area contributed by atoms with E-state index in [1.165, 1.54) is 22.3 Å². The van der Waals surface area contributed by atoms with Crippen LogP contribution in [-0.4, -0.2) is 34.5 Å². The van der Waals surface area contributed by atoms with Crippen LogP contribution in [0.5, 0.6) is 0 Å². The largest absolute Gasteiger partial charge is 0.371 e. The summed E-state index contributed by atoms with van der Waals surface area (Å²) in [6.45, 7) is 1.98. The summed E-state index contributed by atoms with van der Waals surface area (Å²) in [5, 5.41) is 1.69. The minimum absolute atomic E-state index is 0.241. The number of benzene rings is 3. The van der Waals surface area contributed by atoms with Crippen molar-refractivity contribution < 1.29 is 9.59 Å². The van der Waals surface area contributed by atoms with Crippen molar-refractivity contribution in [3.8, 4) is 0 Å². The molecule has 1 saturated heterocycles. The molecule has 0 spiro atoms. The number of rotatable bonds is 2. The van der Waals surface area contributed by atoms with Gasteiger partial charge in [0.1, 0.15) is 0 Å². The summed E-state index contributed by atoms with van der Waals surface area (Å²) in [5.41, 5.74) is 3.65. The maximum absolute atomic E-state index is 13.6. The molecule has 2 aliphatic rings. The van der Waals surface area contributed by atoms with E-state index in [0.717, 1.165) is 42.4 Å². The number of imidazole rings is 1. The first-order valence-electron chi connectivity index (χ1n) is 11.4. The van der Waals surface area contributed by atoms with E-state index in [4.69, 9.17) is 0 Å². The van der Waals surface area contributed by atoms with Crippen LogP contribution in [0.3, 0.4) is 0 Å². The normalized spacial score (nSPS) is 16.6. The topological polar surface area (TPSA) is 78.4 Å². The lowest BCUT2D eigenvalue weighted by atomic mass is 9.92. The van der Waals surface area contributed by atoms with Gasteiger partial charge in [0, 0.05) is 47.7 Å². The molecule has 4 aromatic rings. The Morgan fingerprint density at radius 3 is 2.30 bits per heavy atom. The number of anilines is 2. The lowest BCUT2D eigenvalue weighted by Crippen LogP contribution is -2.40. The minimum atomic E-state index is -0.344. The van der Waals surface area contributed by atoms with Gasteiger partial charge in [0.05, 0.1) is 16.7 Å². The Morgan fingerprint density at radius 2 is 1.55 bits per heavy atom. The quantitative estimate of drug-likeness (QED) is 0.474. The summed E-state index contributed by atoms with van der Waals surface area (Å²) in [5.74, 6) is -0.688. The van der Waals surface area contributed by atoms with Crippen molar-refractivity contribution in [2.24, 2.45) is 7.05 Å². The van der Waals surface area contributed by atoms with Crippen LogP contribution in [0, 0.1) is 0 Å². The number of fused-ring (bicyclic) bond motifs is 1. The molecule has 6 rings (SSSR count). The monoisotopic (exact) mass is 440 g/mol. The smallest absolute Gasteiger partial charge is 0.326 e. The lowest BCUT2D eigenvalue weighted by molar-refractivity contribution is 0.0893. The van der Waals surface area contributed by atoms with Crippen molar-refractivity contribution in [3.63, 3.8) is 0 Å². The standard InChI is InChI=1S/C26H24N4O3/c1-28-22-11-9-16(15-20(22)27-26(28)33)30-24(31)18-8-6-7-17-21(29-13-4-2-3-5-14-29)12-10-19(23(17)18)25(30)32/h6-12,15H,2-5,13-14H2,1H3,(H,27,33). The fourth-order valence-electron chi connectivity index (χ4n) is 5.27. The Bertz CT molecular complexity index is 1480. The molecule has 0 saturated carbocycles. The summed E-state index contributed by atoms with van der Waals surface area (Å²) in [6.07, 6.45) is 4.78. The summed E-state index contributed by atoms with van der Waals surface area (Å²) in [6, 6.07) is 14.7. The Morgan fingerprint density at radius 1 is 0.818 bits per heavy atom. The van der Waals surface area contributed by atoms with Gasteiger partial charge in [0.15, 0.2) is 0 Å². The molecular weight excluding hydrogens is 416 g/mol. The van der Waals surface area contributed by atoms with Gasteiger partial charge in [-0.25, -0.2) is 9.69 Å². The lowest BCUT2D eigenvalue weighted by Gasteiger charge is -2.30. The number of nitrogens with zero attached hydrogens (tertiary/aromatic N) is 3. The number of imide groups is 1. The van der Waals surface area contributed by atoms with E-state index in [9.17, 15) is 14.4 Å². The second-order valence-corrected chi connectivity index (χ2v) is 8.90. The summed E-state index contributed by atoms with van der Waals surface area (Å²) >= 11 is 0. The molecule has 2 aliphatic heterocycles. The highest BCUT2D eigenvalue weighted by Gasteiger charge is 2.35. The van der Waals surface area contributed by atoms with E-state index >= 15 is 0 Å². The Hall–Kier alpha value is -3.87. The van der Waals surface area contributed by atoms with Crippen molar-refractivity contribution >= 4 is 45.0 Å². The van der Waals surface area contributed by atoms with Gasteiger partial charge >= 0.3 is 5.69 Å². The number of hydrogen-bond donors (Lipinski definition) is 1. The molecule has 0 atom stereocenters. The van der Waals surface area contributed by atoms with Gasteiger partial charge in [-0.05, 0) is 49.2 Å². The van der Waals surface area contributed by atoms with E-state index in [1.54, 1.807) is 31.3 Å². The van der Waals surface area contributed by atoms with E-state index in [-0.39, 0.29) is 17.5 Å². The molecule has 0 aliphatic carbocycles. The van der Waals surface area contributed by atoms with Crippen LogP contribution in [0.25, 0.3) is 21.8 Å². The predicted molar refractivity (Wildman–Crippen MR) is 129 cm³/mol. The molecular formula is C26H24N4O3. The second kappa shape index (κ2) is 7.33. The first-order chi connectivity index (χ1) is 16.0. The Labute approximate surface area is 190 Å². The molecule has 1 aromatic heterocycles. The number of hydrogen-bond acceptors (Lipinski definition) is 4. The van der Waals surface area contributed by atoms with Crippen molar-refractivity contribution in [1.29, 1.82) is 0 Å². The number of carbonyl (C=O) groups is 2. The molecule has 7 nitrogen and oxygen atoms in total. The van der Waals surface area contributed by atoms with Crippen molar-refractivity contribution in [2.45, 2.75) is 25.7 Å². The predicted octanol–water partition coefficient (Wildman–Crippen LogP) is 4.20. The third-order valence-electron chi connectivity index (χ3n) is 6.98. The zero-order valence-electron chi connectivity index (χ0n) is 18.4. The van der Waals surface area contributed by atoms with Gasteiger partial charge < -0.3 is 9.88 Å². The minimum Gasteiger partial charge on any atom is -0.371 e. The second-order valence-electron chi connectivity index (χ2n) is 8.90. The third-order valence-corrected chi connectivity index (χ3v) is 6.98. The number of aromatic nitrogens is 2. The van der Waals surface area contributed by atoms with Crippen LogP contribution in [0.2, 0.25) is 0 Å². The van der Waals surface area contributed by atoms with E-state index in [2.05, 4.69) is 9.88 Å². The van der Waals surface area contributed by atoms with Crippen LogP contribution >= 0.6 is 0 Å². The fourth-order valence-corrected chi connectivity index (χ4v) is 5.27. The highest BCUT2D eigenvalue weighted by atomic mass is 16.2. The van der Waals surface area contributed by atoms with Gasteiger partial charge in [0.2, 0.25) is 0 Å². The van der Waals surface area contributed by atoms with Crippen LogP contribution < -0.4 is 15.5 Å². The van der Waals surface area contributed by atoms with E-state index < -0.39 is 0 Å². The average molecular weight is 441 g/mol.